The zero-order valence-electron chi connectivity index (χ0n) is 12.2. The Morgan fingerprint density at radius 1 is 1.16 bits per heavy atom. The molecule has 0 saturated carbocycles. The summed E-state index contributed by atoms with van der Waals surface area (Å²) >= 11 is 0. The molecule has 0 unspecified atom stereocenters. The van der Waals surface area contributed by atoms with Crippen LogP contribution in [-0.4, -0.2) is 49.1 Å². The molecule has 0 heterocycles. The lowest BCUT2D eigenvalue weighted by Crippen LogP contribution is -2.42. The van der Waals surface area contributed by atoms with Crippen molar-refractivity contribution in [3.8, 4) is 0 Å². The first-order valence-electron chi connectivity index (χ1n) is 6.92. The molecule has 4 nitrogen and oxygen atoms in total. The van der Waals surface area contributed by atoms with Crippen LogP contribution in [0.3, 0.4) is 0 Å². The first kappa shape index (κ1) is 15.5. The molecular formula is C15H25N3O. The molecule has 0 aromatic heterocycles. The van der Waals surface area contributed by atoms with E-state index in [1.54, 1.807) is 4.90 Å². The molecule has 0 saturated heterocycles. The molecule has 0 radical (unpaired) electrons. The molecule has 0 fully saturated rings. The quantitative estimate of drug-likeness (QED) is 0.818. The van der Waals surface area contributed by atoms with Gasteiger partial charge in [-0.1, -0.05) is 30.3 Å². The minimum absolute atomic E-state index is 0.0260. The number of benzene rings is 1. The molecule has 1 rings (SSSR count). The lowest BCUT2D eigenvalue weighted by molar-refractivity contribution is 0.201. The lowest BCUT2D eigenvalue weighted by atomic mass is 10.2. The highest BCUT2D eigenvalue weighted by Gasteiger charge is 2.08. The summed E-state index contributed by atoms with van der Waals surface area (Å²) in [5, 5.41) is 2.95. The number of urea groups is 1. The third-order valence-electron chi connectivity index (χ3n) is 3.12. The summed E-state index contributed by atoms with van der Waals surface area (Å²) in [5.41, 5.74) is 1.29. The molecule has 106 valence electrons. The summed E-state index contributed by atoms with van der Waals surface area (Å²) in [6, 6.07) is 10.4. The summed E-state index contributed by atoms with van der Waals surface area (Å²) < 4.78 is 0. The monoisotopic (exact) mass is 263 g/mol. The summed E-state index contributed by atoms with van der Waals surface area (Å²) in [6.45, 7) is 7.92. The molecule has 0 atom stereocenters. The van der Waals surface area contributed by atoms with Crippen LogP contribution < -0.4 is 5.32 Å². The van der Waals surface area contributed by atoms with Gasteiger partial charge in [-0.15, -0.1) is 0 Å². The minimum atomic E-state index is 0.0260. The Labute approximate surface area is 116 Å². The van der Waals surface area contributed by atoms with Crippen molar-refractivity contribution in [1.29, 1.82) is 0 Å². The van der Waals surface area contributed by atoms with E-state index < -0.39 is 0 Å². The van der Waals surface area contributed by atoms with Crippen molar-refractivity contribution in [2.45, 2.75) is 20.4 Å². The van der Waals surface area contributed by atoms with Crippen LogP contribution in [0.25, 0.3) is 0 Å². The molecule has 2 amide bonds. The Morgan fingerprint density at radius 2 is 1.79 bits per heavy atom. The molecular weight excluding hydrogens is 238 g/mol. The average Bonchev–Trinajstić information content (AvgIpc) is 2.41. The number of carbonyl (C=O) groups is 1. The third kappa shape index (κ3) is 5.75. The van der Waals surface area contributed by atoms with Crippen LogP contribution in [0.15, 0.2) is 30.3 Å². The predicted molar refractivity (Wildman–Crippen MR) is 79.1 cm³/mol. The van der Waals surface area contributed by atoms with Gasteiger partial charge in [0.15, 0.2) is 0 Å². The van der Waals surface area contributed by atoms with Crippen LogP contribution in [0.4, 0.5) is 4.79 Å². The fourth-order valence-corrected chi connectivity index (χ4v) is 1.95. The maximum absolute atomic E-state index is 11.7. The van der Waals surface area contributed by atoms with Gasteiger partial charge in [-0.05, 0) is 26.5 Å². The molecule has 0 spiro atoms. The Kier molecular flexibility index (Phi) is 6.97. The molecule has 19 heavy (non-hydrogen) atoms. The summed E-state index contributed by atoms with van der Waals surface area (Å²) in [4.78, 5) is 15.7. The van der Waals surface area contributed by atoms with E-state index >= 15 is 0 Å². The van der Waals surface area contributed by atoms with Gasteiger partial charge in [0, 0.05) is 32.7 Å². The number of carbonyl (C=O) groups excluding carboxylic acids is 1. The highest BCUT2D eigenvalue weighted by Crippen LogP contribution is 2.01. The van der Waals surface area contributed by atoms with Crippen molar-refractivity contribution < 1.29 is 4.79 Å². The molecule has 0 bridgehead atoms. The average molecular weight is 263 g/mol. The van der Waals surface area contributed by atoms with Crippen LogP contribution in [0.1, 0.15) is 19.4 Å². The lowest BCUT2D eigenvalue weighted by Gasteiger charge is -2.21. The Morgan fingerprint density at radius 3 is 2.37 bits per heavy atom. The normalized spacial score (nSPS) is 10.5. The molecule has 0 aliphatic rings. The van der Waals surface area contributed by atoms with E-state index in [0.717, 1.165) is 26.2 Å². The van der Waals surface area contributed by atoms with Gasteiger partial charge in [0.1, 0.15) is 0 Å². The first-order valence-corrected chi connectivity index (χ1v) is 6.92. The van der Waals surface area contributed by atoms with Crippen LogP contribution >= 0.6 is 0 Å². The van der Waals surface area contributed by atoms with Crippen LogP contribution in [-0.2, 0) is 6.54 Å². The van der Waals surface area contributed by atoms with Gasteiger partial charge >= 0.3 is 6.03 Å². The van der Waals surface area contributed by atoms with E-state index in [2.05, 4.69) is 29.4 Å². The molecule has 0 aliphatic heterocycles. The van der Waals surface area contributed by atoms with Crippen molar-refractivity contribution >= 4 is 6.03 Å². The SMILES string of the molecule is CCN(CC)C(=O)NCCN(C)Cc1ccccc1. The van der Waals surface area contributed by atoms with E-state index in [-0.39, 0.29) is 6.03 Å². The van der Waals surface area contributed by atoms with Gasteiger partial charge in [-0.3, -0.25) is 0 Å². The summed E-state index contributed by atoms with van der Waals surface area (Å²) in [6.07, 6.45) is 0. The minimum Gasteiger partial charge on any atom is -0.337 e. The maximum Gasteiger partial charge on any atom is 0.317 e. The van der Waals surface area contributed by atoms with E-state index in [4.69, 9.17) is 0 Å². The number of amides is 2. The van der Waals surface area contributed by atoms with Crippen molar-refractivity contribution in [1.82, 2.24) is 15.1 Å². The van der Waals surface area contributed by atoms with Crippen LogP contribution in [0.2, 0.25) is 0 Å². The Balaban J connectivity index is 2.24. The highest BCUT2D eigenvalue weighted by molar-refractivity contribution is 5.74. The van der Waals surface area contributed by atoms with Crippen molar-refractivity contribution in [3.05, 3.63) is 35.9 Å². The smallest absolute Gasteiger partial charge is 0.317 e. The number of nitrogens with zero attached hydrogens (tertiary/aromatic N) is 2. The van der Waals surface area contributed by atoms with Crippen molar-refractivity contribution in [2.24, 2.45) is 0 Å². The largest absolute Gasteiger partial charge is 0.337 e. The fraction of sp³-hybridized carbons (Fsp3) is 0.533. The van der Waals surface area contributed by atoms with E-state index in [0.29, 0.717) is 6.54 Å². The first-order chi connectivity index (χ1) is 9.17. The van der Waals surface area contributed by atoms with Crippen molar-refractivity contribution in [2.75, 3.05) is 33.2 Å². The summed E-state index contributed by atoms with van der Waals surface area (Å²) in [5.74, 6) is 0. The zero-order valence-corrected chi connectivity index (χ0v) is 12.2. The van der Waals surface area contributed by atoms with Gasteiger partial charge in [0.25, 0.3) is 0 Å². The second-order valence-corrected chi connectivity index (χ2v) is 4.63. The molecule has 1 N–H and O–H groups in total. The Bertz CT molecular complexity index is 363. The van der Waals surface area contributed by atoms with E-state index in [9.17, 15) is 4.79 Å². The number of nitrogens with one attached hydrogen (secondary N) is 1. The fourth-order valence-electron chi connectivity index (χ4n) is 1.95. The number of likely N-dealkylation sites (N-methyl/N-ethyl adjacent to an activating group) is 1. The van der Waals surface area contributed by atoms with Gasteiger partial charge in [0.05, 0.1) is 0 Å². The van der Waals surface area contributed by atoms with Crippen molar-refractivity contribution in [3.63, 3.8) is 0 Å². The highest BCUT2D eigenvalue weighted by atomic mass is 16.2. The predicted octanol–water partition coefficient (Wildman–Crippen LogP) is 2.17. The Hall–Kier alpha value is -1.55. The molecule has 4 heteroatoms. The second-order valence-electron chi connectivity index (χ2n) is 4.63. The topological polar surface area (TPSA) is 35.6 Å². The number of hydrogen-bond donors (Lipinski definition) is 1. The number of rotatable bonds is 7. The second kappa shape index (κ2) is 8.53. The van der Waals surface area contributed by atoms with Gasteiger partial charge in [0.2, 0.25) is 0 Å². The van der Waals surface area contributed by atoms with Gasteiger partial charge < -0.3 is 15.1 Å². The molecule has 1 aromatic rings. The standard InChI is InChI=1S/C15H25N3O/c1-4-18(5-2)15(19)16-11-12-17(3)13-14-9-7-6-8-10-14/h6-10H,4-5,11-13H2,1-3H3,(H,16,19). The van der Waals surface area contributed by atoms with Crippen LogP contribution in [0.5, 0.6) is 0 Å². The third-order valence-corrected chi connectivity index (χ3v) is 3.12. The van der Waals surface area contributed by atoms with Gasteiger partial charge in [-0.2, -0.15) is 0 Å². The zero-order chi connectivity index (χ0) is 14.1. The van der Waals surface area contributed by atoms with Crippen LogP contribution in [0, 0.1) is 0 Å². The van der Waals surface area contributed by atoms with Gasteiger partial charge in [-0.25, -0.2) is 4.79 Å². The maximum atomic E-state index is 11.7. The van der Waals surface area contributed by atoms with E-state index in [1.807, 2.05) is 32.0 Å². The number of hydrogen-bond acceptors (Lipinski definition) is 2. The molecule has 1 aromatic carbocycles. The molecule has 0 aliphatic carbocycles. The van der Waals surface area contributed by atoms with E-state index in [1.165, 1.54) is 5.56 Å². The summed E-state index contributed by atoms with van der Waals surface area (Å²) in [7, 11) is 2.07.